The molecule has 2 rings (SSSR count). The van der Waals surface area contributed by atoms with E-state index in [4.69, 9.17) is 11.6 Å². The zero-order chi connectivity index (χ0) is 13.1. The first-order chi connectivity index (χ1) is 8.58. The smallest absolute Gasteiger partial charge is 0.164 e. The first-order valence-electron chi connectivity index (χ1n) is 5.51. The Balaban J connectivity index is 2.11. The minimum absolute atomic E-state index is 0.130. The second kappa shape index (κ2) is 5.72. The molecule has 1 nitrogen and oxygen atoms in total. The predicted molar refractivity (Wildman–Crippen MR) is 77.6 cm³/mol. The van der Waals surface area contributed by atoms with E-state index < -0.39 is 5.82 Å². The normalized spacial score (nSPS) is 10.4. The van der Waals surface area contributed by atoms with E-state index >= 15 is 0 Å². The molecule has 0 fully saturated rings. The largest absolute Gasteiger partial charge is 0.379 e. The predicted octanol–water partition coefficient (Wildman–Crippen LogP) is 5.16. The molecule has 0 unspecified atom stereocenters. The fourth-order valence-corrected chi connectivity index (χ4v) is 2.18. The lowest BCUT2D eigenvalue weighted by atomic mass is 10.1. The highest BCUT2D eigenvalue weighted by Crippen LogP contribution is 2.23. The molecule has 2 aromatic carbocycles. The monoisotopic (exact) mass is 327 g/mol. The van der Waals surface area contributed by atoms with Crippen LogP contribution in [-0.4, -0.2) is 0 Å². The van der Waals surface area contributed by atoms with Gasteiger partial charge in [-0.15, -0.1) is 0 Å². The standard InChI is InChI=1S/C14H12BrClFN/c1-9-5-6-10(7-11(9)15)8-18-13-4-2-3-12(16)14(13)17/h2-7,18H,8H2,1H3. The Kier molecular flexibility index (Phi) is 4.25. The molecule has 94 valence electrons. The summed E-state index contributed by atoms with van der Waals surface area (Å²) in [6.07, 6.45) is 0. The summed E-state index contributed by atoms with van der Waals surface area (Å²) in [4.78, 5) is 0. The number of benzene rings is 2. The van der Waals surface area contributed by atoms with Crippen LogP contribution in [0.5, 0.6) is 0 Å². The van der Waals surface area contributed by atoms with Crippen LogP contribution in [0.2, 0.25) is 5.02 Å². The second-order valence-electron chi connectivity index (χ2n) is 4.04. The summed E-state index contributed by atoms with van der Waals surface area (Å²) in [5, 5.41) is 3.17. The van der Waals surface area contributed by atoms with E-state index in [1.165, 1.54) is 11.6 Å². The SMILES string of the molecule is Cc1ccc(CNc2cccc(Cl)c2F)cc1Br. The molecular weight excluding hydrogens is 317 g/mol. The zero-order valence-electron chi connectivity index (χ0n) is 9.81. The Bertz CT molecular complexity index is 572. The van der Waals surface area contributed by atoms with Crippen LogP contribution in [-0.2, 0) is 6.54 Å². The van der Waals surface area contributed by atoms with Crippen molar-refractivity contribution in [3.8, 4) is 0 Å². The van der Waals surface area contributed by atoms with E-state index in [1.54, 1.807) is 12.1 Å². The molecule has 0 aliphatic heterocycles. The number of halogens is 3. The van der Waals surface area contributed by atoms with E-state index in [1.807, 2.05) is 25.1 Å². The average Bonchev–Trinajstić information content (AvgIpc) is 2.35. The van der Waals surface area contributed by atoms with Gasteiger partial charge in [0, 0.05) is 11.0 Å². The van der Waals surface area contributed by atoms with Gasteiger partial charge in [0.15, 0.2) is 5.82 Å². The van der Waals surface area contributed by atoms with Gasteiger partial charge in [-0.3, -0.25) is 0 Å². The molecule has 1 N–H and O–H groups in total. The number of hydrogen-bond acceptors (Lipinski definition) is 1. The summed E-state index contributed by atoms with van der Waals surface area (Å²) >= 11 is 9.19. The maximum atomic E-state index is 13.6. The van der Waals surface area contributed by atoms with Crippen LogP contribution in [0.3, 0.4) is 0 Å². The summed E-state index contributed by atoms with van der Waals surface area (Å²) in [6.45, 7) is 2.58. The lowest BCUT2D eigenvalue weighted by molar-refractivity contribution is 0.630. The molecule has 4 heteroatoms. The van der Waals surface area contributed by atoms with E-state index in [0.717, 1.165) is 10.0 Å². The van der Waals surface area contributed by atoms with Gasteiger partial charge >= 0.3 is 0 Å². The summed E-state index contributed by atoms with van der Waals surface area (Å²) in [5.41, 5.74) is 2.67. The van der Waals surface area contributed by atoms with Gasteiger partial charge < -0.3 is 5.32 Å². The minimum Gasteiger partial charge on any atom is -0.379 e. The summed E-state index contributed by atoms with van der Waals surface area (Å²) < 4.78 is 14.7. The van der Waals surface area contributed by atoms with Crippen molar-refractivity contribution in [3.05, 3.63) is 62.8 Å². The highest BCUT2D eigenvalue weighted by Gasteiger charge is 2.05. The Morgan fingerprint density at radius 1 is 1.28 bits per heavy atom. The second-order valence-corrected chi connectivity index (χ2v) is 5.30. The number of rotatable bonds is 3. The molecule has 2 aromatic rings. The highest BCUT2D eigenvalue weighted by atomic mass is 79.9. The summed E-state index contributed by atoms with van der Waals surface area (Å²) in [6, 6.07) is 11.0. The van der Waals surface area contributed by atoms with Crippen molar-refractivity contribution >= 4 is 33.2 Å². The Morgan fingerprint density at radius 3 is 2.78 bits per heavy atom. The third kappa shape index (κ3) is 3.03. The van der Waals surface area contributed by atoms with Crippen molar-refractivity contribution in [2.24, 2.45) is 0 Å². The van der Waals surface area contributed by atoms with Gasteiger partial charge in [0.2, 0.25) is 0 Å². The van der Waals surface area contributed by atoms with Crippen molar-refractivity contribution in [2.45, 2.75) is 13.5 Å². The fourth-order valence-electron chi connectivity index (χ4n) is 1.58. The van der Waals surface area contributed by atoms with E-state index in [-0.39, 0.29) is 5.02 Å². The molecule has 0 atom stereocenters. The molecule has 0 radical (unpaired) electrons. The van der Waals surface area contributed by atoms with Crippen molar-refractivity contribution in [1.29, 1.82) is 0 Å². The molecule has 0 saturated heterocycles. The number of anilines is 1. The molecule has 0 aromatic heterocycles. The third-order valence-corrected chi connectivity index (χ3v) is 3.82. The van der Waals surface area contributed by atoms with Crippen LogP contribution >= 0.6 is 27.5 Å². The van der Waals surface area contributed by atoms with Gasteiger partial charge in [-0.05, 0) is 36.2 Å². The Morgan fingerprint density at radius 2 is 2.06 bits per heavy atom. The third-order valence-electron chi connectivity index (χ3n) is 2.67. The molecule has 0 spiro atoms. The lowest BCUT2D eigenvalue weighted by Gasteiger charge is -2.09. The van der Waals surface area contributed by atoms with Crippen molar-refractivity contribution in [3.63, 3.8) is 0 Å². The molecular formula is C14H12BrClFN. The Labute approximate surface area is 119 Å². The van der Waals surface area contributed by atoms with Crippen molar-refractivity contribution in [1.82, 2.24) is 0 Å². The molecule has 0 aliphatic carbocycles. The molecule has 0 heterocycles. The summed E-state index contributed by atoms with van der Waals surface area (Å²) in [7, 11) is 0. The van der Waals surface area contributed by atoms with E-state index in [9.17, 15) is 4.39 Å². The van der Waals surface area contributed by atoms with Gasteiger partial charge in [0.05, 0.1) is 10.7 Å². The van der Waals surface area contributed by atoms with Crippen LogP contribution in [0.1, 0.15) is 11.1 Å². The minimum atomic E-state index is -0.412. The van der Waals surface area contributed by atoms with Crippen LogP contribution in [0.25, 0.3) is 0 Å². The van der Waals surface area contributed by atoms with Crippen LogP contribution < -0.4 is 5.32 Å². The van der Waals surface area contributed by atoms with Gasteiger partial charge in [0.1, 0.15) is 0 Å². The molecule has 0 aliphatic rings. The maximum absolute atomic E-state index is 13.6. The zero-order valence-corrected chi connectivity index (χ0v) is 12.1. The molecule has 0 amide bonds. The van der Waals surface area contributed by atoms with Gasteiger partial charge in [-0.25, -0.2) is 4.39 Å². The fraction of sp³-hybridized carbons (Fsp3) is 0.143. The first-order valence-corrected chi connectivity index (χ1v) is 6.68. The van der Waals surface area contributed by atoms with E-state index in [2.05, 4.69) is 21.2 Å². The van der Waals surface area contributed by atoms with Gasteiger partial charge in [0.25, 0.3) is 0 Å². The highest BCUT2D eigenvalue weighted by molar-refractivity contribution is 9.10. The van der Waals surface area contributed by atoms with Gasteiger partial charge in [-0.1, -0.05) is 45.7 Å². The molecule has 0 saturated carbocycles. The Hall–Kier alpha value is -1.06. The quantitative estimate of drug-likeness (QED) is 0.820. The number of nitrogens with one attached hydrogen (secondary N) is 1. The maximum Gasteiger partial charge on any atom is 0.164 e. The average molecular weight is 329 g/mol. The number of aryl methyl sites for hydroxylation is 1. The van der Waals surface area contributed by atoms with Gasteiger partial charge in [-0.2, -0.15) is 0 Å². The van der Waals surface area contributed by atoms with Crippen LogP contribution in [0.15, 0.2) is 40.9 Å². The topological polar surface area (TPSA) is 12.0 Å². The van der Waals surface area contributed by atoms with Crippen LogP contribution in [0.4, 0.5) is 10.1 Å². The first kappa shape index (κ1) is 13.4. The van der Waals surface area contributed by atoms with Crippen LogP contribution in [0, 0.1) is 12.7 Å². The van der Waals surface area contributed by atoms with Crippen molar-refractivity contribution < 1.29 is 4.39 Å². The van der Waals surface area contributed by atoms with E-state index in [0.29, 0.717) is 12.2 Å². The molecule has 18 heavy (non-hydrogen) atoms. The summed E-state index contributed by atoms with van der Waals surface area (Å²) in [5.74, 6) is -0.412. The lowest BCUT2D eigenvalue weighted by Crippen LogP contribution is -2.01. The van der Waals surface area contributed by atoms with Crippen molar-refractivity contribution in [2.75, 3.05) is 5.32 Å². The number of hydrogen-bond donors (Lipinski definition) is 1. The molecule has 0 bridgehead atoms.